The lowest BCUT2D eigenvalue weighted by molar-refractivity contribution is 0.104. The minimum absolute atomic E-state index is 0.0698. The first-order chi connectivity index (χ1) is 12.0. The van der Waals surface area contributed by atoms with Gasteiger partial charge in [-0.05, 0) is 48.4 Å². The predicted molar refractivity (Wildman–Crippen MR) is 99.0 cm³/mol. The normalized spacial score (nSPS) is 11.4. The molecular weight excluding hydrogens is 336 g/mol. The maximum absolute atomic E-state index is 12.8. The van der Waals surface area contributed by atoms with E-state index in [0.29, 0.717) is 10.6 Å². The largest absolute Gasteiger partial charge is 0.496 e. The maximum atomic E-state index is 12.8. The molecule has 0 fully saturated rings. The quantitative estimate of drug-likeness (QED) is 0.412. The Hall–Kier alpha value is -3.03. The molecule has 0 aliphatic heterocycles. The zero-order valence-electron chi connectivity index (χ0n) is 13.8. The molecule has 25 heavy (non-hydrogen) atoms. The Kier molecular flexibility index (Phi) is 4.60. The molecule has 1 N–H and O–H groups in total. The number of halogens is 1. The van der Waals surface area contributed by atoms with Gasteiger partial charge in [-0.15, -0.1) is 0 Å². The van der Waals surface area contributed by atoms with E-state index in [1.165, 1.54) is 0 Å². The second-order valence-corrected chi connectivity index (χ2v) is 6.06. The molecular formula is C20H15ClN2O2. The smallest absolute Gasteiger partial charge is 0.205 e. The molecule has 0 aliphatic carbocycles. The Bertz CT molecular complexity index is 1040. The van der Waals surface area contributed by atoms with Gasteiger partial charge in [-0.25, -0.2) is 0 Å². The van der Waals surface area contributed by atoms with Crippen molar-refractivity contribution in [1.82, 2.24) is 4.98 Å². The van der Waals surface area contributed by atoms with Crippen LogP contribution in [0.25, 0.3) is 17.0 Å². The summed E-state index contributed by atoms with van der Waals surface area (Å²) in [5.74, 6) is 0.431. The van der Waals surface area contributed by atoms with Crippen LogP contribution >= 0.6 is 11.6 Å². The summed E-state index contributed by atoms with van der Waals surface area (Å²) in [5, 5.41) is 10.8. The van der Waals surface area contributed by atoms with Crippen LogP contribution in [0.2, 0.25) is 5.02 Å². The Balaban J connectivity index is 2.01. The maximum Gasteiger partial charge on any atom is 0.205 e. The number of Topliss-reactive ketones (excluding diaryl/α,β-unsaturated/α-hetero) is 1. The fourth-order valence-corrected chi connectivity index (χ4v) is 2.91. The van der Waals surface area contributed by atoms with Gasteiger partial charge in [-0.2, -0.15) is 5.26 Å². The van der Waals surface area contributed by atoms with Gasteiger partial charge in [0.05, 0.1) is 7.11 Å². The van der Waals surface area contributed by atoms with Crippen LogP contribution in [0.1, 0.15) is 21.5 Å². The van der Waals surface area contributed by atoms with Crippen LogP contribution in [0.4, 0.5) is 0 Å². The number of ketones is 1. The fraction of sp³-hybridized carbons (Fsp3) is 0.100. The van der Waals surface area contributed by atoms with Gasteiger partial charge in [0.2, 0.25) is 5.78 Å². The molecule has 124 valence electrons. The van der Waals surface area contributed by atoms with Crippen LogP contribution in [0.15, 0.2) is 48.2 Å². The standard InChI is InChI=1S/C20H15ClN2O2/c1-12-7-13(3-6-19(12)25-2)8-14(10-22)20(24)17-11-23-18-9-15(21)4-5-16(17)18/h3-9,11,23H,1-2H3/b14-8+. The number of fused-ring (bicyclic) bond motifs is 1. The molecule has 0 radical (unpaired) electrons. The van der Waals surface area contributed by atoms with E-state index in [-0.39, 0.29) is 11.4 Å². The van der Waals surface area contributed by atoms with E-state index < -0.39 is 0 Å². The highest BCUT2D eigenvalue weighted by Gasteiger charge is 2.17. The highest BCUT2D eigenvalue weighted by molar-refractivity contribution is 6.31. The summed E-state index contributed by atoms with van der Waals surface area (Å²) in [7, 11) is 1.60. The van der Waals surface area contributed by atoms with Gasteiger partial charge < -0.3 is 9.72 Å². The van der Waals surface area contributed by atoms with Crippen LogP contribution < -0.4 is 4.74 Å². The van der Waals surface area contributed by atoms with E-state index in [1.54, 1.807) is 37.6 Å². The van der Waals surface area contributed by atoms with Crippen LogP contribution in [0.5, 0.6) is 5.75 Å². The van der Waals surface area contributed by atoms with Gasteiger partial charge in [0, 0.05) is 27.7 Å². The topological polar surface area (TPSA) is 65.9 Å². The summed E-state index contributed by atoms with van der Waals surface area (Å²) in [6.07, 6.45) is 3.19. The van der Waals surface area contributed by atoms with Crippen molar-refractivity contribution in [3.63, 3.8) is 0 Å². The second-order valence-electron chi connectivity index (χ2n) is 5.62. The first-order valence-corrected chi connectivity index (χ1v) is 7.99. The zero-order chi connectivity index (χ0) is 18.0. The number of allylic oxidation sites excluding steroid dienone is 1. The number of rotatable bonds is 4. The number of carbonyl (C=O) groups is 1. The van der Waals surface area contributed by atoms with Crippen molar-refractivity contribution in [2.75, 3.05) is 7.11 Å². The summed E-state index contributed by atoms with van der Waals surface area (Å²) in [6, 6.07) is 12.7. The van der Waals surface area contributed by atoms with Crippen LogP contribution in [-0.2, 0) is 0 Å². The molecule has 0 amide bonds. The molecule has 0 bridgehead atoms. The van der Waals surface area contributed by atoms with Crippen molar-refractivity contribution < 1.29 is 9.53 Å². The third-order valence-corrected chi connectivity index (χ3v) is 4.22. The van der Waals surface area contributed by atoms with E-state index in [4.69, 9.17) is 16.3 Å². The van der Waals surface area contributed by atoms with E-state index in [9.17, 15) is 10.1 Å². The minimum Gasteiger partial charge on any atom is -0.496 e. The van der Waals surface area contributed by atoms with Crippen molar-refractivity contribution in [2.24, 2.45) is 0 Å². The van der Waals surface area contributed by atoms with E-state index in [1.807, 2.05) is 31.2 Å². The lowest BCUT2D eigenvalue weighted by atomic mass is 10.0. The molecule has 0 aliphatic rings. The third-order valence-electron chi connectivity index (χ3n) is 3.98. The van der Waals surface area contributed by atoms with Gasteiger partial charge >= 0.3 is 0 Å². The Morgan fingerprint density at radius 3 is 2.76 bits per heavy atom. The first kappa shape index (κ1) is 16.8. The molecule has 1 heterocycles. The van der Waals surface area contributed by atoms with Gasteiger partial charge in [0.25, 0.3) is 0 Å². The molecule has 0 unspecified atom stereocenters. The first-order valence-electron chi connectivity index (χ1n) is 7.61. The molecule has 3 rings (SSSR count). The van der Waals surface area contributed by atoms with Crippen molar-refractivity contribution in [3.8, 4) is 11.8 Å². The average Bonchev–Trinajstić information content (AvgIpc) is 3.02. The fourth-order valence-electron chi connectivity index (χ4n) is 2.74. The minimum atomic E-state index is -0.329. The monoisotopic (exact) mass is 350 g/mol. The van der Waals surface area contributed by atoms with Crippen molar-refractivity contribution in [3.05, 3.63) is 69.9 Å². The molecule has 0 saturated heterocycles. The molecule has 4 nitrogen and oxygen atoms in total. The number of H-pyrrole nitrogens is 1. The summed E-state index contributed by atoms with van der Waals surface area (Å²) >= 11 is 5.97. The average molecular weight is 351 g/mol. The highest BCUT2D eigenvalue weighted by atomic mass is 35.5. The number of hydrogen-bond acceptors (Lipinski definition) is 3. The number of ether oxygens (including phenoxy) is 1. The number of methoxy groups -OCH3 is 1. The molecule has 3 aromatic rings. The number of aromatic nitrogens is 1. The van der Waals surface area contributed by atoms with Crippen LogP contribution in [0.3, 0.4) is 0 Å². The second kappa shape index (κ2) is 6.84. The third kappa shape index (κ3) is 3.28. The number of aromatic amines is 1. The SMILES string of the molecule is COc1ccc(/C=C(\C#N)C(=O)c2c[nH]c3cc(Cl)ccc23)cc1C. The molecule has 5 heteroatoms. The molecule has 2 aromatic carbocycles. The van der Waals surface area contributed by atoms with Crippen molar-refractivity contribution in [2.45, 2.75) is 6.92 Å². The molecule has 1 aromatic heterocycles. The summed E-state index contributed by atoms with van der Waals surface area (Å²) < 4.78 is 5.23. The van der Waals surface area contributed by atoms with Gasteiger partial charge in [0.15, 0.2) is 0 Å². The van der Waals surface area contributed by atoms with E-state index in [0.717, 1.165) is 27.8 Å². The van der Waals surface area contributed by atoms with Gasteiger partial charge in [-0.3, -0.25) is 4.79 Å². The lowest BCUT2D eigenvalue weighted by Crippen LogP contribution is -2.01. The Labute approximate surface area is 150 Å². The summed E-state index contributed by atoms with van der Waals surface area (Å²) in [4.78, 5) is 15.8. The predicted octanol–water partition coefficient (Wildman–Crippen LogP) is 4.93. The van der Waals surface area contributed by atoms with E-state index >= 15 is 0 Å². The summed E-state index contributed by atoms with van der Waals surface area (Å²) in [6.45, 7) is 1.91. The van der Waals surface area contributed by atoms with Gasteiger partial charge in [-0.1, -0.05) is 23.7 Å². The Morgan fingerprint density at radius 2 is 2.08 bits per heavy atom. The van der Waals surface area contributed by atoms with Crippen LogP contribution in [0, 0.1) is 18.3 Å². The van der Waals surface area contributed by atoms with Gasteiger partial charge in [0.1, 0.15) is 17.4 Å². The Morgan fingerprint density at radius 1 is 1.28 bits per heavy atom. The zero-order valence-corrected chi connectivity index (χ0v) is 14.5. The lowest BCUT2D eigenvalue weighted by Gasteiger charge is -2.05. The molecule has 0 spiro atoms. The number of aryl methyl sites for hydroxylation is 1. The number of nitriles is 1. The number of benzene rings is 2. The number of nitrogens with one attached hydrogen (secondary N) is 1. The molecule has 0 atom stereocenters. The summed E-state index contributed by atoms with van der Waals surface area (Å²) in [5.41, 5.74) is 2.98. The van der Waals surface area contributed by atoms with Crippen molar-refractivity contribution in [1.29, 1.82) is 5.26 Å². The molecule has 0 saturated carbocycles. The van der Waals surface area contributed by atoms with Crippen LogP contribution in [-0.4, -0.2) is 17.9 Å². The number of carbonyl (C=O) groups excluding carboxylic acids is 1. The van der Waals surface area contributed by atoms with E-state index in [2.05, 4.69) is 4.98 Å². The highest BCUT2D eigenvalue weighted by Crippen LogP contribution is 2.25. The number of nitrogens with zero attached hydrogens (tertiary/aromatic N) is 1. The number of hydrogen-bond donors (Lipinski definition) is 1. The van der Waals surface area contributed by atoms with Crippen molar-refractivity contribution >= 4 is 34.4 Å².